The summed E-state index contributed by atoms with van der Waals surface area (Å²) in [5, 5.41) is 9.13. The van der Waals surface area contributed by atoms with Crippen molar-refractivity contribution in [1.29, 1.82) is 0 Å². The average Bonchev–Trinajstić information content (AvgIpc) is 3.02. The molecule has 0 spiro atoms. The first-order chi connectivity index (χ1) is 12.2. The Hall–Kier alpha value is -2.82. The number of aromatic nitrogens is 2. The summed E-state index contributed by atoms with van der Waals surface area (Å²) >= 11 is 0. The van der Waals surface area contributed by atoms with Crippen molar-refractivity contribution in [1.82, 2.24) is 14.3 Å². The van der Waals surface area contributed by atoms with Crippen LogP contribution in [0.3, 0.4) is 0 Å². The van der Waals surface area contributed by atoms with Gasteiger partial charge in [-0.15, -0.1) is 0 Å². The third kappa shape index (κ3) is 3.09. The Morgan fingerprint density at radius 2 is 1.80 bits per heavy atom. The number of likely N-dealkylation sites (tertiary alicyclic amines) is 1. The van der Waals surface area contributed by atoms with E-state index in [2.05, 4.69) is 22.7 Å². The Kier molecular flexibility index (Phi) is 4.14. The maximum atomic E-state index is 11.1. The molecular weight excluding hydrogens is 314 g/mol. The van der Waals surface area contributed by atoms with Gasteiger partial charge in [-0.25, -0.2) is 9.78 Å². The zero-order valence-electron chi connectivity index (χ0n) is 14.0. The minimum Gasteiger partial charge on any atom is -0.465 e. The molecular formula is C20H21N3O2. The van der Waals surface area contributed by atoms with Crippen LogP contribution in [0.15, 0.2) is 54.7 Å². The number of carboxylic acid groups (broad SMARTS) is 1. The molecule has 2 aromatic heterocycles. The third-order valence-electron chi connectivity index (χ3n) is 5.04. The number of benzene rings is 1. The number of carbonyl (C=O) groups is 1. The van der Waals surface area contributed by atoms with Gasteiger partial charge in [0, 0.05) is 24.8 Å². The number of rotatable bonds is 3. The van der Waals surface area contributed by atoms with E-state index in [-0.39, 0.29) is 0 Å². The lowest BCUT2D eigenvalue weighted by atomic mass is 9.91. The highest BCUT2D eigenvalue weighted by atomic mass is 16.4. The first-order valence-corrected chi connectivity index (χ1v) is 8.71. The molecule has 1 aliphatic rings. The van der Waals surface area contributed by atoms with Crippen molar-refractivity contribution >= 4 is 11.7 Å². The van der Waals surface area contributed by atoms with Crippen molar-refractivity contribution in [3.05, 3.63) is 60.4 Å². The molecule has 0 unspecified atom stereocenters. The normalized spacial score (nSPS) is 15.6. The second-order valence-electron chi connectivity index (χ2n) is 6.62. The molecule has 5 nitrogen and oxygen atoms in total. The van der Waals surface area contributed by atoms with Gasteiger partial charge in [0.25, 0.3) is 0 Å². The number of fused-ring (bicyclic) bond motifs is 1. The molecule has 0 aliphatic carbocycles. The fourth-order valence-corrected chi connectivity index (χ4v) is 3.67. The maximum absolute atomic E-state index is 11.1. The number of nitrogens with zero attached hydrogens (tertiary/aromatic N) is 3. The van der Waals surface area contributed by atoms with E-state index in [0.29, 0.717) is 19.0 Å². The second-order valence-corrected chi connectivity index (χ2v) is 6.62. The first kappa shape index (κ1) is 15.7. The zero-order valence-corrected chi connectivity index (χ0v) is 14.0. The van der Waals surface area contributed by atoms with Crippen molar-refractivity contribution in [2.45, 2.75) is 19.3 Å². The van der Waals surface area contributed by atoms with Gasteiger partial charge >= 0.3 is 6.09 Å². The Morgan fingerprint density at radius 3 is 2.52 bits per heavy atom. The van der Waals surface area contributed by atoms with Crippen molar-refractivity contribution in [3.63, 3.8) is 0 Å². The Bertz CT molecular complexity index is 880. The molecule has 0 atom stereocenters. The largest absolute Gasteiger partial charge is 0.465 e. The van der Waals surface area contributed by atoms with Crippen LogP contribution in [0, 0.1) is 5.92 Å². The van der Waals surface area contributed by atoms with Crippen molar-refractivity contribution in [3.8, 4) is 11.3 Å². The smallest absolute Gasteiger partial charge is 0.407 e. The number of imidazole rings is 1. The lowest BCUT2D eigenvalue weighted by molar-refractivity contribution is 0.124. The van der Waals surface area contributed by atoms with E-state index in [1.54, 1.807) is 0 Å². The predicted octanol–water partition coefficient (Wildman–Crippen LogP) is 3.93. The standard InChI is InChI=1S/C20H21N3O2/c24-20(25)22-12-9-15(10-13-22)14-17-19(16-6-2-1-3-7-16)21-18-8-4-5-11-23(17)18/h1-8,11,15H,9-10,12-14H2,(H,24,25). The van der Waals surface area contributed by atoms with Crippen LogP contribution in [0.2, 0.25) is 0 Å². The summed E-state index contributed by atoms with van der Waals surface area (Å²) in [6.45, 7) is 1.24. The number of hydrogen-bond donors (Lipinski definition) is 1. The third-order valence-corrected chi connectivity index (χ3v) is 5.04. The second kappa shape index (κ2) is 6.59. The van der Waals surface area contributed by atoms with E-state index in [4.69, 9.17) is 10.1 Å². The van der Waals surface area contributed by atoms with Crippen LogP contribution in [0.25, 0.3) is 16.9 Å². The van der Waals surface area contributed by atoms with Gasteiger partial charge in [-0.05, 0) is 37.3 Å². The van der Waals surface area contributed by atoms with Gasteiger partial charge in [0.05, 0.1) is 11.4 Å². The summed E-state index contributed by atoms with van der Waals surface area (Å²) in [6, 6.07) is 16.3. The molecule has 0 saturated carbocycles. The van der Waals surface area contributed by atoms with E-state index >= 15 is 0 Å². The summed E-state index contributed by atoms with van der Waals surface area (Å²) in [7, 11) is 0. The van der Waals surface area contributed by atoms with Gasteiger partial charge in [-0.3, -0.25) is 0 Å². The molecule has 1 saturated heterocycles. The van der Waals surface area contributed by atoms with E-state index in [9.17, 15) is 4.79 Å². The first-order valence-electron chi connectivity index (χ1n) is 8.71. The molecule has 4 rings (SSSR count). The molecule has 0 radical (unpaired) electrons. The van der Waals surface area contributed by atoms with E-state index in [0.717, 1.165) is 36.2 Å². The van der Waals surface area contributed by atoms with E-state index < -0.39 is 6.09 Å². The maximum Gasteiger partial charge on any atom is 0.407 e. The van der Waals surface area contributed by atoms with Gasteiger partial charge in [0.15, 0.2) is 0 Å². The van der Waals surface area contributed by atoms with Crippen molar-refractivity contribution in [2.24, 2.45) is 5.92 Å². The predicted molar refractivity (Wildman–Crippen MR) is 96.7 cm³/mol. The molecule has 128 valence electrons. The molecule has 1 amide bonds. The van der Waals surface area contributed by atoms with Crippen molar-refractivity contribution in [2.75, 3.05) is 13.1 Å². The summed E-state index contributed by atoms with van der Waals surface area (Å²) in [5.74, 6) is 0.484. The van der Waals surface area contributed by atoms with E-state index in [1.165, 1.54) is 10.6 Å². The Morgan fingerprint density at radius 1 is 1.08 bits per heavy atom. The highest BCUT2D eigenvalue weighted by molar-refractivity contribution is 5.67. The number of pyridine rings is 1. The van der Waals surface area contributed by atoms with Crippen molar-refractivity contribution < 1.29 is 9.90 Å². The number of hydrogen-bond acceptors (Lipinski definition) is 2. The molecule has 0 bridgehead atoms. The fourth-order valence-electron chi connectivity index (χ4n) is 3.67. The zero-order chi connectivity index (χ0) is 17.2. The number of piperidine rings is 1. The Labute approximate surface area is 146 Å². The van der Waals surface area contributed by atoms with E-state index in [1.807, 2.05) is 36.4 Å². The lowest BCUT2D eigenvalue weighted by Gasteiger charge is -2.30. The molecule has 3 aromatic rings. The fraction of sp³-hybridized carbons (Fsp3) is 0.300. The quantitative estimate of drug-likeness (QED) is 0.789. The molecule has 1 aromatic carbocycles. The number of amides is 1. The van der Waals surface area contributed by atoms with Crippen LogP contribution in [-0.2, 0) is 6.42 Å². The lowest BCUT2D eigenvalue weighted by Crippen LogP contribution is -2.38. The summed E-state index contributed by atoms with van der Waals surface area (Å²) in [5.41, 5.74) is 4.34. The van der Waals surface area contributed by atoms with Gasteiger partial charge in [-0.1, -0.05) is 36.4 Å². The minimum absolute atomic E-state index is 0.484. The van der Waals surface area contributed by atoms with Gasteiger partial charge in [0.2, 0.25) is 0 Å². The van der Waals surface area contributed by atoms with Gasteiger partial charge in [-0.2, -0.15) is 0 Å². The van der Waals surface area contributed by atoms with Gasteiger partial charge in [0.1, 0.15) is 5.65 Å². The molecule has 3 heterocycles. The molecule has 1 aliphatic heterocycles. The average molecular weight is 335 g/mol. The van der Waals surface area contributed by atoms with Crippen LogP contribution >= 0.6 is 0 Å². The van der Waals surface area contributed by atoms with Crippen LogP contribution < -0.4 is 0 Å². The summed E-state index contributed by atoms with van der Waals surface area (Å²) < 4.78 is 2.17. The minimum atomic E-state index is -0.807. The van der Waals surface area contributed by atoms with Crippen LogP contribution in [-0.4, -0.2) is 38.6 Å². The van der Waals surface area contributed by atoms with Crippen LogP contribution in [0.1, 0.15) is 18.5 Å². The van der Waals surface area contributed by atoms with Crippen LogP contribution in [0.5, 0.6) is 0 Å². The highest BCUT2D eigenvalue weighted by Crippen LogP contribution is 2.29. The molecule has 25 heavy (non-hydrogen) atoms. The Balaban J connectivity index is 1.66. The summed E-state index contributed by atoms with van der Waals surface area (Å²) in [6.07, 6.45) is 3.99. The molecule has 5 heteroatoms. The van der Waals surface area contributed by atoms with Gasteiger partial charge < -0.3 is 14.4 Å². The molecule has 1 N–H and O–H groups in total. The monoisotopic (exact) mass is 335 g/mol. The molecule has 1 fully saturated rings. The highest BCUT2D eigenvalue weighted by Gasteiger charge is 2.25. The SMILES string of the molecule is O=C(O)N1CCC(Cc2c(-c3ccccc3)nc3ccccn23)CC1. The van der Waals surface area contributed by atoms with Crippen LogP contribution in [0.4, 0.5) is 4.79 Å². The topological polar surface area (TPSA) is 57.8 Å². The summed E-state index contributed by atoms with van der Waals surface area (Å²) in [4.78, 5) is 17.5.